The second-order valence-corrected chi connectivity index (χ2v) is 6.74. The minimum absolute atomic E-state index is 0.0238. The van der Waals surface area contributed by atoms with Crippen LogP contribution in [0.2, 0.25) is 0 Å². The van der Waals surface area contributed by atoms with E-state index in [1.54, 1.807) is 18.2 Å². The number of Topliss-reactive ketones (excluding diaryl/α,β-unsaturated/α-hetero) is 2. The first-order valence-electron chi connectivity index (χ1n) is 9.28. The van der Waals surface area contributed by atoms with Gasteiger partial charge in [-0.2, -0.15) is 0 Å². The lowest BCUT2D eigenvalue weighted by Gasteiger charge is -2.10. The summed E-state index contributed by atoms with van der Waals surface area (Å²) in [4.78, 5) is 33.3. The molecule has 29 heavy (non-hydrogen) atoms. The molecule has 142 valence electrons. The zero-order valence-electron chi connectivity index (χ0n) is 16.1. The van der Waals surface area contributed by atoms with Crippen LogP contribution in [0.1, 0.15) is 45.7 Å². The van der Waals surface area contributed by atoms with E-state index >= 15 is 0 Å². The van der Waals surface area contributed by atoms with Crippen molar-refractivity contribution in [2.75, 3.05) is 5.32 Å². The van der Waals surface area contributed by atoms with Crippen molar-refractivity contribution in [3.63, 3.8) is 0 Å². The van der Waals surface area contributed by atoms with Crippen LogP contribution in [0.3, 0.4) is 0 Å². The van der Waals surface area contributed by atoms with Crippen LogP contribution in [-0.4, -0.2) is 23.2 Å². The van der Waals surface area contributed by atoms with Gasteiger partial charge in [-0.1, -0.05) is 48.5 Å². The van der Waals surface area contributed by atoms with E-state index in [0.717, 1.165) is 11.1 Å². The molecule has 4 rings (SSSR count). The second kappa shape index (κ2) is 7.64. The lowest BCUT2D eigenvalue weighted by molar-refractivity contribution is 0.101. The van der Waals surface area contributed by atoms with Gasteiger partial charge in [0.15, 0.2) is 17.4 Å². The number of carbonyl (C=O) groups excluding carboxylic acids is 2. The molecule has 0 atom stereocenters. The minimum atomic E-state index is -0.0473. The number of benzene rings is 3. The monoisotopic (exact) mass is 381 g/mol. The molecule has 1 aliphatic heterocycles. The fraction of sp³-hybridized carbons (Fsp3) is 0.0833. The molecule has 0 unspecified atom stereocenters. The molecule has 0 radical (unpaired) electrons. The molecule has 1 aliphatic rings. The van der Waals surface area contributed by atoms with Gasteiger partial charge in [-0.3, -0.25) is 9.59 Å². The van der Waals surface area contributed by atoms with Crippen molar-refractivity contribution < 1.29 is 9.59 Å². The Morgan fingerprint density at radius 1 is 0.759 bits per heavy atom. The molecule has 0 saturated heterocycles. The summed E-state index contributed by atoms with van der Waals surface area (Å²) < 4.78 is 0. The summed E-state index contributed by atoms with van der Waals surface area (Å²) in [6, 6.07) is 22.3. The van der Waals surface area contributed by atoms with Crippen molar-refractivity contribution >= 4 is 34.6 Å². The number of nitrogens with one attached hydrogen (secondary N) is 1. The standard InChI is InChI=1S/C24H19N3O2/c1-15(28)17-9-5-7-13-21(17)25-23-19-11-3-4-12-20(19)24(27-23)26-22-14-8-6-10-18(22)16(2)29/h3-14H,1-2H3,(H,25,26,27). The van der Waals surface area contributed by atoms with E-state index in [9.17, 15) is 9.59 Å². The summed E-state index contributed by atoms with van der Waals surface area (Å²) in [5.74, 6) is 1.07. The Kier molecular flexibility index (Phi) is 4.87. The van der Waals surface area contributed by atoms with Crippen LogP contribution in [0.5, 0.6) is 0 Å². The number of hydrogen-bond acceptors (Lipinski definition) is 4. The van der Waals surface area contributed by atoms with Gasteiger partial charge in [-0.05, 0) is 38.1 Å². The van der Waals surface area contributed by atoms with Gasteiger partial charge in [0, 0.05) is 22.3 Å². The van der Waals surface area contributed by atoms with Crippen LogP contribution in [-0.2, 0) is 0 Å². The lowest BCUT2D eigenvalue weighted by Crippen LogP contribution is -2.13. The molecular formula is C24H19N3O2. The van der Waals surface area contributed by atoms with Crippen LogP contribution in [0.4, 0.5) is 11.4 Å². The molecule has 0 spiro atoms. The Labute approximate surface area is 168 Å². The van der Waals surface area contributed by atoms with Crippen LogP contribution in [0, 0.1) is 0 Å². The van der Waals surface area contributed by atoms with Crippen LogP contribution < -0.4 is 5.32 Å². The Morgan fingerprint density at radius 3 is 2.07 bits per heavy atom. The number of rotatable bonds is 4. The number of nitrogens with zero attached hydrogens (tertiary/aromatic N) is 2. The summed E-state index contributed by atoms with van der Waals surface area (Å²) in [7, 11) is 0. The van der Waals surface area contributed by atoms with Gasteiger partial charge < -0.3 is 5.32 Å². The SMILES string of the molecule is CC(=O)c1ccccc1N=C1N=C(Nc2ccccc2C(C)=O)c2ccccc21. The van der Waals surface area contributed by atoms with Gasteiger partial charge in [-0.25, -0.2) is 9.98 Å². The molecule has 0 aromatic heterocycles. The molecule has 0 saturated carbocycles. The molecular weight excluding hydrogens is 362 g/mol. The predicted molar refractivity (Wildman–Crippen MR) is 116 cm³/mol. The number of hydrogen-bond donors (Lipinski definition) is 1. The third kappa shape index (κ3) is 3.62. The van der Waals surface area contributed by atoms with E-state index in [0.29, 0.717) is 34.2 Å². The smallest absolute Gasteiger partial charge is 0.162 e. The third-order valence-corrected chi connectivity index (χ3v) is 4.71. The van der Waals surface area contributed by atoms with E-state index in [2.05, 4.69) is 15.3 Å². The van der Waals surface area contributed by atoms with Crippen LogP contribution >= 0.6 is 0 Å². The number of aliphatic imine (C=N–C) groups is 2. The average molecular weight is 381 g/mol. The number of ketones is 2. The number of carbonyl (C=O) groups is 2. The summed E-state index contributed by atoms with van der Waals surface area (Å²) in [5, 5.41) is 3.28. The second-order valence-electron chi connectivity index (χ2n) is 6.74. The van der Waals surface area contributed by atoms with Gasteiger partial charge in [0.25, 0.3) is 0 Å². The highest BCUT2D eigenvalue weighted by Crippen LogP contribution is 2.27. The molecule has 5 heteroatoms. The van der Waals surface area contributed by atoms with Crippen LogP contribution in [0.25, 0.3) is 0 Å². The molecule has 1 heterocycles. The van der Waals surface area contributed by atoms with Crippen LogP contribution in [0.15, 0.2) is 82.8 Å². The Balaban J connectivity index is 1.80. The minimum Gasteiger partial charge on any atom is -0.339 e. The van der Waals surface area contributed by atoms with E-state index in [1.165, 1.54) is 13.8 Å². The molecule has 1 N–H and O–H groups in total. The number of fused-ring (bicyclic) bond motifs is 1. The summed E-state index contributed by atoms with van der Waals surface area (Å²) in [6.45, 7) is 3.06. The lowest BCUT2D eigenvalue weighted by atomic mass is 10.1. The zero-order valence-corrected chi connectivity index (χ0v) is 16.1. The zero-order chi connectivity index (χ0) is 20.4. The van der Waals surface area contributed by atoms with Crippen molar-refractivity contribution in [3.8, 4) is 0 Å². The molecule has 0 amide bonds. The van der Waals surface area contributed by atoms with E-state index in [1.807, 2.05) is 54.6 Å². The van der Waals surface area contributed by atoms with Gasteiger partial charge in [0.2, 0.25) is 0 Å². The van der Waals surface area contributed by atoms with Crippen molar-refractivity contribution in [2.24, 2.45) is 9.98 Å². The largest absolute Gasteiger partial charge is 0.339 e. The Hall–Kier alpha value is -3.86. The number of para-hydroxylation sites is 2. The highest BCUT2D eigenvalue weighted by atomic mass is 16.1. The number of amidine groups is 2. The fourth-order valence-electron chi connectivity index (χ4n) is 3.30. The first-order chi connectivity index (χ1) is 14.0. The van der Waals surface area contributed by atoms with Crippen molar-refractivity contribution in [2.45, 2.75) is 13.8 Å². The quantitative estimate of drug-likeness (QED) is 0.644. The van der Waals surface area contributed by atoms with Crippen molar-refractivity contribution in [1.82, 2.24) is 0 Å². The van der Waals surface area contributed by atoms with E-state index < -0.39 is 0 Å². The normalized spacial score (nSPS) is 13.7. The Morgan fingerprint density at radius 2 is 1.34 bits per heavy atom. The van der Waals surface area contributed by atoms with Crippen molar-refractivity contribution in [1.29, 1.82) is 0 Å². The maximum absolute atomic E-state index is 12.0. The van der Waals surface area contributed by atoms with E-state index in [4.69, 9.17) is 0 Å². The number of anilines is 1. The van der Waals surface area contributed by atoms with Gasteiger partial charge in [-0.15, -0.1) is 0 Å². The first-order valence-corrected chi connectivity index (χ1v) is 9.28. The van der Waals surface area contributed by atoms with E-state index in [-0.39, 0.29) is 11.6 Å². The Bertz CT molecular complexity index is 1190. The molecule has 3 aromatic rings. The summed E-state index contributed by atoms with van der Waals surface area (Å²) in [5.41, 5.74) is 4.19. The first kappa shape index (κ1) is 18.5. The maximum Gasteiger partial charge on any atom is 0.162 e. The van der Waals surface area contributed by atoms with Gasteiger partial charge >= 0.3 is 0 Å². The molecule has 5 nitrogen and oxygen atoms in total. The molecule has 0 bridgehead atoms. The average Bonchev–Trinajstić information content (AvgIpc) is 3.06. The molecule has 3 aromatic carbocycles. The topological polar surface area (TPSA) is 70.9 Å². The predicted octanol–water partition coefficient (Wildman–Crippen LogP) is 5.04. The third-order valence-electron chi connectivity index (χ3n) is 4.71. The maximum atomic E-state index is 12.0. The van der Waals surface area contributed by atoms with Crippen molar-refractivity contribution in [3.05, 3.63) is 95.1 Å². The molecule has 0 fully saturated rings. The fourth-order valence-corrected chi connectivity index (χ4v) is 3.30. The van der Waals surface area contributed by atoms with Gasteiger partial charge in [0.1, 0.15) is 5.84 Å². The highest BCUT2D eigenvalue weighted by Gasteiger charge is 2.23. The molecule has 0 aliphatic carbocycles. The van der Waals surface area contributed by atoms with Gasteiger partial charge in [0.05, 0.1) is 11.4 Å². The highest BCUT2D eigenvalue weighted by molar-refractivity contribution is 6.27. The summed E-state index contributed by atoms with van der Waals surface area (Å²) >= 11 is 0. The summed E-state index contributed by atoms with van der Waals surface area (Å²) in [6.07, 6.45) is 0.